The minimum atomic E-state index is -4.23. The molecule has 0 bridgehead atoms. The Hall–Kier alpha value is -0.370. The van der Waals surface area contributed by atoms with Crippen LogP contribution in [-0.4, -0.2) is 74.5 Å². The van der Waals surface area contributed by atoms with Crippen molar-refractivity contribution >= 4 is 0 Å². The van der Waals surface area contributed by atoms with Crippen LogP contribution in [0.4, 0.5) is 13.2 Å². The fraction of sp³-hybridized carbons (Fsp3) is 1.00. The molecule has 114 valence electrons. The number of hydrogen-bond acceptors (Lipinski definition) is 4. The molecule has 1 unspecified atom stereocenters. The van der Waals surface area contributed by atoms with Crippen LogP contribution in [0.15, 0.2) is 0 Å². The number of piperazine rings is 1. The van der Waals surface area contributed by atoms with Crippen molar-refractivity contribution in [2.24, 2.45) is 5.73 Å². The lowest BCUT2D eigenvalue weighted by Gasteiger charge is -2.38. The zero-order valence-corrected chi connectivity index (χ0v) is 11.5. The van der Waals surface area contributed by atoms with E-state index in [9.17, 15) is 13.2 Å². The van der Waals surface area contributed by atoms with Crippen molar-refractivity contribution in [2.75, 3.05) is 52.5 Å². The molecule has 1 atom stereocenters. The average Bonchev–Trinajstić information content (AvgIpc) is 2.37. The minimum absolute atomic E-state index is 0.133. The normalized spacial score (nSPS) is 20.7. The van der Waals surface area contributed by atoms with Gasteiger partial charge < -0.3 is 10.5 Å². The molecule has 2 N–H and O–H groups in total. The molecule has 19 heavy (non-hydrogen) atoms. The highest BCUT2D eigenvalue weighted by atomic mass is 19.4. The first kappa shape index (κ1) is 16.7. The third-order valence-corrected chi connectivity index (χ3v) is 3.48. The molecular formula is C12H24F3N3O. The summed E-state index contributed by atoms with van der Waals surface area (Å²) in [5, 5.41) is 0. The van der Waals surface area contributed by atoms with Crippen molar-refractivity contribution in [1.82, 2.24) is 9.80 Å². The molecule has 0 spiro atoms. The zero-order chi connectivity index (χ0) is 14.3. The van der Waals surface area contributed by atoms with Crippen LogP contribution in [0.25, 0.3) is 0 Å². The van der Waals surface area contributed by atoms with Gasteiger partial charge in [0.25, 0.3) is 0 Å². The lowest BCUT2D eigenvalue weighted by Crippen LogP contribution is -2.52. The highest BCUT2D eigenvalue weighted by Crippen LogP contribution is 2.14. The molecular weight excluding hydrogens is 259 g/mol. The van der Waals surface area contributed by atoms with Gasteiger partial charge in [-0.25, -0.2) is 0 Å². The predicted octanol–water partition coefficient (Wildman–Crippen LogP) is 0.920. The Bertz CT molecular complexity index is 239. The number of nitrogens with zero attached hydrogens (tertiary/aromatic N) is 2. The molecule has 0 radical (unpaired) electrons. The maximum Gasteiger partial charge on any atom is 0.411 e. The van der Waals surface area contributed by atoms with E-state index in [4.69, 9.17) is 5.73 Å². The van der Waals surface area contributed by atoms with Gasteiger partial charge in [0.05, 0.1) is 6.61 Å². The van der Waals surface area contributed by atoms with E-state index in [1.54, 1.807) is 0 Å². The van der Waals surface area contributed by atoms with Gasteiger partial charge in [0.15, 0.2) is 0 Å². The van der Waals surface area contributed by atoms with Crippen LogP contribution in [0.3, 0.4) is 0 Å². The van der Waals surface area contributed by atoms with Gasteiger partial charge in [0.2, 0.25) is 0 Å². The number of rotatable bonds is 7. The highest BCUT2D eigenvalue weighted by Gasteiger charge is 2.27. The van der Waals surface area contributed by atoms with Crippen LogP contribution in [0.2, 0.25) is 0 Å². The van der Waals surface area contributed by atoms with E-state index in [-0.39, 0.29) is 6.61 Å². The molecule has 1 fully saturated rings. The number of ether oxygens (including phenoxy) is 1. The predicted molar refractivity (Wildman–Crippen MR) is 68.0 cm³/mol. The smallest absolute Gasteiger partial charge is 0.371 e. The summed E-state index contributed by atoms with van der Waals surface area (Å²) in [6.45, 7) is 5.90. The summed E-state index contributed by atoms with van der Waals surface area (Å²) in [5.41, 5.74) is 5.71. The van der Waals surface area contributed by atoms with E-state index in [1.165, 1.54) is 0 Å². The Morgan fingerprint density at radius 3 is 2.32 bits per heavy atom. The van der Waals surface area contributed by atoms with Gasteiger partial charge in [-0.3, -0.25) is 9.80 Å². The number of alkyl halides is 3. The molecule has 0 amide bonds. The average molecular weight is 283 g/mol. The Morgan fingerprint density at radius 1 is 1.21 bits per heavy atom. The van der Waals surface area contributed by atoms with Crippen LogP contribution >= 0.6 is 0 Å². The van der Waals surface area contributed by atoms with Gasteiger partial charge in [-0.05, 0) is 6.42 Å². The van der Waals surface area contributed by atoms with Gasteiger partial charge >= 0.3 is 6.18 Å². The fourth-order valence-corrected chi connectivity index (χ4v) is 2.31. The van der Waals surface area contributed by atoms with Crippen molar-refractivity contribution < 1.29 is 17.9 Å². The molecule has 1 saturated heterocycles. The SMILES string of the molecule is CCC(CN)N1CCN(CCOCC(F)(F)F)CC1. The van der Waals surface area contributed by atoms with Crippen molar-refractivity contribution in [3.05, 3.63) is 0 Å². The van der Waals surface area contributed by atoms with Crippen LogP contribution in [0.5, 0.6) is 0 Å². The summed E-state index contributed by atoms with van der Waals surface area (Å²) < 4.78 is 40.3. The van der Waals surface area contributed by atoms with E-state index in [0.29, 0.717) is 19.1 Å². The van der Waals surface area contributed by atoms with Crippen LogP contribution in [0.1, 0.15) is 13.3 Å². The van der Waals surface area contributed by atoms with Crippen molar-refractivity contribution in [3.63, 3.8) is 0 Å². The van der Waals surface area contributed by atoms with Gasteiger partial charge in [0, 0.05) is 45.3 Å². The topological polar surface area (TPSA) is 41.7 Å². The van der Waals surface area contributed by atoms with Gasteiger partial charge in [-0.2, -0.15) is 13.2 Å². The number of hydrogen-bond donors (Lipinski definition) is 1. The lowest BCUT2D eigenvalue weighted by atomic mass is 10.1. The molecule has 0 aliphatic carbocycles. The first-order valence-corrected chi connectivity index (χ1v) is 6.77. The van der Waals surface area contributed by atoms with E-state index < -0.39 is 12.8 Å². The number of halogens is 3. The minimum Gasteiger partial charge on any atom is -0.371 e. The summed E-state index contributed by atoms with van der Waals surface area (Å²) in [7, 11) is 0. The van der Waals surface area contributed by atoms with Crippen LogP contribution in [-0.2, 0) is 4.74 Å². The maximum absolute atomic E-state index is 11.9. The molecule has 0 aromatic rings. The summed E-state index contributed by atoms with van der Waals surface area (Å²) in [6, 6.07) is 0.420. The molecule has 1 aliphatic heterocycles. The van der Waals surface area contributed by atoms with Crippen LogP contribution < -0.4 is 5.73 Å². The second-order valence-electron chi connectivity index (χ2n) is 4.84. The first-order chi connectivity index (χ1) is 8.96. The molecule has 4 nitrogen and oxygen atoms in total. The van der Waals surface area contributed by atoms with E-state index in [1.807, 2.05) is 0 Å². The largest absolute Gasteiger partial charge is 0.411 e. The number of nitrogens with two attached hydrogens (primary N) is 1. The van der Waals surface area contributed by atoms with Gasteiger partial charge in [-0.15, -0.1) is 0 Å². The summed E-state index contributed by atoms with van der Waals surface area (Å²) >= 11 is 0. The Labute approximate surface area is 112 Å². The maximum atomic E-state index is 11.9. The third-order valence-electron chi connectivity index (χ3n) is 3.48. The van der Waals surface area contributed by atoms with E-state index in [0.717, 1.165) is 32.6 Å². The molecule has 0 saturated carbocycles. The molecule has 1 heterocycles. The van der Waals surface area contributed by atoms with Gasteiger partial charge in [0.1, 0.15) is 6.61 Å². The molecule has 0 aromatic carbocycles. The Kier molecular flexibility index (Phi) is 7.06. The Balaban J connectivity index is 2.13. The van der Waals surface area contributed by atoms with Crippen molar-refractivity contribution in [2.45, 2.75) is 25.6 Å². The van der Waals surface area contributed by atoms with Crippen molar-refractivity contribution in [3.8, 4) is 0 Å². The monoisotopic (exact) mass is 283 g/mol. The quantitative estimate of drug-likeness (QED) is 0.706. The molecule has 1 rings (SSSR count). The molecule has 1 aliphatic rings. The van der Waals surface area contributed by atoms with Crippen molar-refractivity contribution in [1.29, 1.82) is 0 Å². The highest BCUT2D eigenvalue weighted by molar-refractivity contribution is 4.78. The zero-order valence-electron chi connectivity index (χ0n) is 11.5. The van der Waals surface area contributed by atoms with Gasteiger partial charge in [-0.1, -0.05) is 6.92 Å². The second kappa shape index (κ2) is 8.04. The fourth-order valence-electron chi connectivity index (χ4n) is 2.31. The van der Waals surface area contributed by atoms with E-state index in [2.05, 4.69) is 21.5 Å². The molecule has 7 heteroatoms. The standard InChI is InChI=1S/C12H24F3N3O/c1-2-11(9-16)18-5-3-17(4-6-18)7-8-19-10-12(13,14)15/h11H,2-10,16H2,1H3. The Morgan fingerprint density at radius 2 is 1.84 bits per heavy atom. The van der Waals surface area contributed by atoms with Crippen LogP contribution in [0, 0.1) is 0 Å². The lowest BCUT2D eigenvalue weighted by molar-refractivity contribution is -0.174. The summed E-state index contributed by atoms with van der Waals surface area (Å²) in [4.78, 5) is 4.49. The van der Waals surface area contributed by atoms with E-state index >= 15 is 0 Å². The third kappa shape index (κ3) is 6.56. The molecule has 0 aromatic heterocycles. The summed E-state index contributed by atoms with van der Waals surface area (Å²) in [6.07, 6.45) is -3.20. The first-order valence-electron chi connectivity index (χ1n) is 6.77. The summed E-state index contributed by atoms with van der Waals surface area (Å²) in [5.74, 6) is 0. The second-order valence-corrected chi connectivity index (χ2v) is 4.84.